The predicted molar refractivity (Wildman–Crippen MR) is 92.5 cm³/mol. The highest BCUT2D eigenvalue weighted by Crippen LogP contribution is 2.13. The Morgan fingerprint density at radius 1 is 1.33 bits per heavy atom. The average molecular weight is 326 g/mol. The fourth-order valence-electron chi connectivity index (χ4n) is 2.46. The van der Waals surface area contributed by atoms with Crippen LogP contribution >= 0.6 is 0 Å². The number of guanidine groups is 1. The Labute approximate surface area is 141 Å². The molecule has 0 bridgehead atoms. The van der Waals surface area contributed by atoms with Crippen molar-refractivity contribution in [3.63, 3.8) is 0 Å². The molecule has 2 aromatic heterocycles. The summed E-state index contributed by atoms with van der Waals surface area (Å²) in [6, 6.07) is 6.02. The number of hydrogen-bond donors (Lipinski definition) is 2. The van der Waals surface area contributed by atoms with Crippen LogP contribution < -0.4 is 10.6 Å². The number of nitrogens with zero attached hydrogens (tertiary/aromatic N) is 4. The van der Waals surface area contributed by atoms with Gasteiger partial charge in [-0.2, -0.15) is 4.98 Å². The van der Waals surface area contributed by atoms with Crippen LogP contribution in [0.15, 0.2) is 46.1 Å². The summed E-state index contributed by atoms with van der Waals surface area (Å²) >= 11 is 0. The molecule has 1 aliphatic carbocycles. The maximum atomic E-state index is 5.25. The van der Waals surface area contributed by atoms with Gasteiger partial charge in [-0.1, -0.05) is 23.4 Å². The molecule has 2 heterocycles. The molecule has 0 saturated heterocycles. The minimum absolute atomic E-state index is 0.434. The fraction of sp³-hybridized carbons (Fsp3) is 0.412. The Morgan fingerprint density at radius 2 is 2.21 bits per heavy atom. The first-order chi connectivity index (χ1) is 11.8. The van der Waals surface area contributed by atoms with Gasteiger partial charge in [-0.15, -0.1) is 0 Å². The first kappa shape index (κ1) is 16.2. The van der Waals surface area contributed by atoms with Crippen LogP contribution in [0.5, 0.6) is 0 Å². The molecule has 0 atom stereocenters. The second kappa shape index (κ2) is 8.24. The molecule has 0 aromatic carbocycles. The van der Waals surface area contributed by atoms with E-state index in [9.17, 15) is 0 Å². The van der Waals surface area contributed by atoms with Crippen LogP contribution in [0.1, 0.15) is 25.6 Å². The molecule has 2 aromatic rings. The molecule has 0 saturated carbocycles. The summed E-state index contributed by atoms with van der Waals surface area (Å²) in [5.74, 6) is 1.91. The SMILES string of the molecule is CCNC(=NCCc1noc(-c2ccccn2)n1)NC1CC=CC1. The second-order valence-corrected chi connectivity index (χ2v) is 5.53. The van der Waals surface area contributed by atoms with Crippen LogP contribution in [0.4, 0.5) is 0 Å². The van der Waals surface area contributed by atoms with E-state index in [0.29, 0.717) is 36.4 Å². The maximum Gasteiger partial charge on any atom is 0.276 e. The standard InChI is InChI=1S/C17H22N6O/c1-2-18-17(21-13-7-3-4-8-13)20-12-10-15-22-16(24-23-15)14-9-5-6-11-19-14/h3-6,9,11,13H,2,7-8,10,12H2,1H3,(H2,18,20,21). The van der Waals surface area contributed by atoms with Crippen molar-refractivity contribution in [2.75, 3.05) is 13.1 Å². The van der Waals surface area contributed by atoms with E-state index in [4.69, 9.17) is 4.52 Å². The molecule has 0 amide bonds. The summed E-state index contributed by atoms with van der Waals surface area (Å²) in [4.78, 5) is 13.2. The van der Waals surface area contributed by atoms with Gasteiger partial charge < -0.3 is 15.2 Å². The van der Waals surface area contributed by atoms with Crippen LogP contribution in [0.2, 0.25) is 0 Å². The van der Waals surface area contributed by atoms with Crippen molar-refractivity contribution in [2.24, 2.45) is 4.99 Å². The van der Waals surface area contributed by atoms with E-state index in [1.54, 1.807) is 6.20 Å². The van der Waals surface area contributed by atoms with Gasteiger partial charge >= 0.3 is 0 Å². The molecule has 2 N–H and O–H groups in total. The summed E-state index contributed by atoms with van der Waals surface area (Å²) in [5.41, 5.74) is 0.684. The lowest BCUT2D eigenvalue weighted by atomic mass is 10.2. The Balaban J connectivity index is 1.54. The van der Waals surface area contributed by atoms with Gasteiger partial charge in [0, 0.05) is 31.7 Å². The Bertz CT molecular complexity index is 686. The summed E-state index contributed by atoms with van der Waals surface area (Å²) in [7, 11) is 0. The minimum atomic E-state index is 0.434. The summed E-state index contributed by atoms with van der Waals surface area (Å²) in [5, 5.41) is 10.7. The van der Waals surface area contributed by atoms with Crippen molar-refractivity contribution < 1.29 is 4.52 Å². The topological polar surface area (TPSA) is 88.2 Å². The van der Waals surface area contributed by atoms with Gasteiger partial charge in [-0.25, -0.2) is 0 Å². The quantitative estimate of drug-likeness (QED) is 0.479. The van der Waals surface area contributed by atoms with E-state index in [0.717, 1.165) is 25.3 Å². The number of rotatable bonds is 6. The van der Waals surface area contributed by atoms with Gasteiger partial charge in [0.25, 0.3) is 5.89 Å². The van der Waals surface area contributed by atoms with Crippen molar-refractivity contribution in [3.8, 4) is 11.6 Å². The van der Waals surface area contributed by atoms with Crippen molar-refractivity contribution in [3.05, 3.63) is 42.4 Å². The van der Waals surface area contributed by atoms with E-state index < -0.39 is 0 Å². The van der Waals surface area contributed by atoms with Crippen LogP contribution in [0.25, 0.3) is 11.6 Å². The lowest BCUT2D eigenvalue weighted by molar-refractivity contribution is 0.421. The van der Waals surface area contributed by atoms with E-state index in [2.05, 4.69) is 49.8 Å². The van der Waals surface area contributed by atoms with Crippen molar-refractivity contribution in [1.82, 2.24) is 25.8 Å². The van der Waals surface area contributed by atoms with E-state index in [-0.39, 0.29) is 0 Å². The molecule has 3 rings (SSSR count). The monoisotopic (exact) mass is 326 g/mol. The van der Waals surface area contributed by atoms with Crippen molar-refractivity contribution in [2.45, 2.75) is 32.2 Å². The zero-order valence-electron chi connectivity index (χ0n) is 13.8. The van der Waals surface area contributed by atoms with Gasteiger partial charge in [0.2, 0.25) is 0 Å². The van der Waals surface area contributed by atoms with Gasteiger partial charge in [-0.05, 0) is 31.9 Å². The summed E-state index contributed by atoms with van der Waals surface area (Å²) in [6.07, 6.45) is 8.80. The predicted octanol–water partition coefficient (Wildman–Crippen LogP) is 1.95. The molecule has 24 heavy (non-hydrogen) atoms. The highest BCUT2D eigenvalue weighted by atomic mass is 16.5. The molecule has 0 radical (unpaired) electrons. The largest absolute Gasteiger partial charge is 0.357 e. The molecule has 1 aliphatic rings. The average Bonchev–Trinajstić information content (AvgIpc) is 3.28. The van der Waals surface area contributed by atoms with E-state index in [1.165, 1.54) is 0 Å². The van der Waals surface area contributed by atoms with Gasteiger partial charge in [0.15, 0.2) is 11.8 Å². The number of hydrogen-bond acceptors (Lipinski definition) is 5. The van der Waals surface area contributed by atoms with Gasteiger partial charge in [-0.3, -0.25) is 9.98 Å². The third-order valence-electron chi connectivity index (χ3n) is 3.65. The van der Waals surface area contributed by atoms with Crippen LogP contribution in [0, 0.1) is 0 Å². The molecular weight excluding hydrogens is 304 g/mol. The van der Waals surface area contributed by atoms with Crippen LogP contribution in [-0.4, -0.2) is 40.2 Å². The number of aromatic nitrogens is 3. The maximum absolute atomic E-state index is 5.25. The number of aliphatic imine (C=N–C) groups is 1. The lowest BCUT2D eigenvalue weighted by Gasteiger charge is -2.16. The third kappa shape index (κ3) is 4.41. The number of nitrogens with one attached hydrogen (secondary N) is 2. The summed E-state index contributed by atoms with van der Waals surface area (Å²) in [6.45, 7) is 3.48. The van der Waals surface area contributed by atoms with Gasteiger partial charge in [0.05, 0.1) is 0 Å². The molecule has 7 nitrogen and oxygen atoms in total. The minimum Gasteiger partial charge on any atom is -0.357 e. The molecule has 0 aliphatic heterocycles. The van der Waals surface area contributed by atoms with Gasteiger partial charge in [0.1, 0.15) is 5.69 Å². The zero-order chi connectivity index (χ0) is 16.6. The fourth-order valence-corrected chi connectivity index (χ4v) is 2.46. The smallest absolute Gasteiger partial charge is 0.276 e. The molecule has 7 heteroatoms. The normalized spacial score (nSPS) is 15.0. The van der Waals surface area contributed by atoms with Crippen LogP contribution in [-0.2, 0) is 6.42 Å². The second-order valence-electron chi connectivity index (χ2n) is 5.53. The van der Waals surface area contributed by atoms with Crippen LogP contribution in [0.3, 0.4) is 0 Å². The molecule has 0 spiro atoms. The highest BCUT2D eigenvalue weighted by molar-refractivity contribution is 5.80. The number of pyridine rings is 1. The highest BCUT2D eigenvalue weighted by Gasteiger charge is 2.12. The molecule has 0 unspecified atom stereocenters. The molecule has 0 fully saturated rings. The van der Waals surface area contributed by atoms with E-state index in [1.807, 2.05) is 18.2 Å². The Kier molecular flexibility index (Phi) is 5.55. The Hall–Kier alpha value is -2.70. The molecule has 126 valence electrons. The molecular formula is C17H22N6O. The summed E-state index contributed by atoms with van der Waals surface area (Å²) < 4.78 is 5.25. The first-order valence-electron chi connectivity index (χ1n) is 8.29. The zero-order valence-corrected chi connectivity index (χ0v) is 13.8. The first-order valence-corrected chi connectivity index (χ1v) is 8.29. The van der Waals surface area contributed by atoms with Crippen molar-refractivity contribution >= 4 is 5.96 Å². The lowest BCUT2D eigenvalue weighted by Crippen LogP contribution is -2.42. The Morgan fingerprint density at radius 3 is 2.96 bits per heavy atom. The van der Waals surface area contributed by atoms with E-state index >= 15 is 0 Å². The third-order valence-corrected chi connectivity index (χ3v) is 3.65. The van der Waals surface area contributed by atoms with Crippen molar-refractivity contribution in [1.29, 1.82) is 0 Å².